The van der Waals surface area contributed by atoms with Crippen molar-refractivity contribution in [2.75, 3.05) is 6.54 Å². The van der Waals surface area contributed by atoms with E-state index in [4.69, 9.17) is 5.73 Å². The van der Waals surface area contributed by atoms with Crippen molar-refractivity contribution in [2.45, 2.75) is 33.2 Å². The molecule has 4 nitrogen and oxygen atoms in total. The summed E-state index contributed by atoms with van der Waals surface area (Å²) in [7, 11) is 0. The predicted octanol–water partition coefficient (Wildman–Crippen LogP) is 0.999. The van der Waals surface area contributed by atoms with Crippen LogP contribution < -0.4 is 5.73 Å². The van der Waals surface area contributed by atoms with Crippen LogP contribution in [-0.2, 0) is 17.8 Å². The van der Waals surface area contributed by atoms with Crippen LogP contribution in [-0.4, -0.2) is 22.1 Å². The minimum absolute atomic E-state index is 0.00465. The second kappa shape index (κ2) is 5.66. The number of carbonyl (C=O) groups excluding carboxylic acids is 1. The van der Waals surface area contributed by atoms with E-state index in [0.717, 1.165) is 18.5 Å². The van der Waals surface area contributed by atoms with Gasteiger partial charge in [-0.15, -0.1) is 0 Å². The van der Waals surface area contributed by atoms with Crippen LogP contribution in [0.15, 0.2) is 12.4 Å². The van der Waals surface area contributed by atoms with Gasteiger partial charge in [-0.2, -0.15) is 5.10 Å². The fraction of sp³-hybridized carbons (Fsp3) is 0.636. The summed E-state index contributed by atoms with van der Waals surface area (Å²) in [6, 6.07) is 0. The molecule has 0 aromatic carbocycles. The zero-order chi connectivity index (χ0) is 11.3. The molecule has 0 radical (unpaired) electrons. The first kappa shape index (κ1) is 11.9. The summed E-state index contributed by atoms with van der Waals surface area (Å²) >= 11 is 0. The topological polar surface area (TPSA) is 60.9 Å². The summed E-state index contributed by atoms with van der Waals surface area (Å²) in [6.07, 6.45) is 4.94. The average molecular weight is 209 g/mol. The van der Waals surface area contributed by atoms with Crippen molar-refractivity contribution >= 4 is 5.78 Å². The molecule has 0 aliphatic rings. The van der Waals surface area contributed by atoms with Crippen LogP contribution in [0.5, 0.6) is 0 Å². The SMILES string of the molecule is CCC(CN)C(=O)Cc1cnn(CC)c1. The first-order valence-electron chi connectivity index (χ1n) is 5.45. The van der Waals surface area contributed by atoms with Crippen molar-refractivity contribution in [2.24, 2.45) is 11.7 Å². The lowest BCUT2D eigenvalue weighted by Crippen LogP contribution is -2.24. The highest BCUT2D eigenvalue weighted by molar-refractivity contribution is 5.83. The molecule has 1 rings (SSSR count). The summed E-state index contributed by atoms with van der Waals surface area (Å²) in [5.41, 5.74) is 6.51. The van der Waals surface area contributed by atoms with Gasteiger partial charge in [-0.25, -0.2) is 0 Å². The zero-order valence-corrected chi connectivity index (χ0v) is 9.44. The maximum Gasteiger partial charge on any atom is 0.141 e. The van der Waals surface area contributed by atoms with Gasteiger partial charge < -0.3 is 5.73 Å². The lowest BCUT2D eigenvalue weighted by Gasteiger charge is -2.09. The molecule has 0 saturated heterocycles. The summed E-state index contributed by atoms with van der Waals surface area (Å²) in [5.74, 6) is 0.214. The van der Waals surface area contributed by atoms with Gasteiger partial charge in [0.15, 0.2) is 0 Å². The Morgan fingerprint density at radius 2 is 2.33 bits per heavy atom. The predicted molar refractivity (Wildman–Crippen MR) is 59.4 cm³/mol. The number of nitrogens with zero attached hydrogens (tertiary/aromatic N) is 2. The summed E-state index contributed by atoms with van der Waals surface area (Å²) in [6.45, 7) is 5.29. The Balaban J connectivity index is 2.57. The fourth-order valence-corrected chi connectivity index (χ4v) is 1.54. The molecule has 1 heterocycles. The van der Waals surface area contributed by atoms with Crippen molar-refractivity contribution in [3.05, 3.63) is 18.0 Å². The Morgan fingerprint density at radius 3 is 2.80 bits per heavy atom. The number of nitrogens with two attached hydrogens (primary N) is 1. The van der Waals surface area contributed by atoms with Gasteiger partial charge >= 0.3 is 0 Å². The molecule has 0 fully saturated rings. The molecule has 15 heavy (non-hydrogen) atoms. The summed E-state index contributed by atoms with van der Waals surface area (Å²) < 4.78 is 1.83. The maximum absolute atomic E-state index is 11.8. The normalized spacial score (nSPS) is 12.7. The monoisotopic (exact) mass is 209 g/mol. The Hall–Kier alpha value is -1.16. The van der Waals surface area contributed by atoms with E-state index >= 15 is 0 Å². The Kier molecular flexibility index (Phi) is 4.49. The molecule has 0 spiro atoms. The molecule has 0 amide bonds. The molecule has 4 heteroatoms. The van der Waals surface area contributed by atoms with Gasteiger partial charge in [0.2, 0.25) is 0 Å². The number of hydrogen-bond donors (Lipinski definition) is 1. The molecule has 2 N–H and O–H groups in total. The highest BCUT2D eigenvalue weighted by Gasteiger charge is 2.15. The number of rotatable bonds is 6. The van der Waals surface area contributed by atoms with E-state index in [1.54, 1.807) is 6.20 Å². The molecule has 1 aromatic heterocycles. The molecule has 1 unspecified atom stereocenters. The van der Waals surface area contributed by atoms with Crippen molar-refractivity contribution in [1.29, 1.82) is 0 Å². The largest absolute Gasteiger partial charge is 0.330 e. The second-order valence-electron chi connectivity index (χ2n) is 3.69. The van der Waals surface area contributed by atoms with Crippen LogP contribution in [0.25, 0.3) is 0 Å². The summed E-state index contributed by atoms with van der Waals surface area (Å²) in [5, 5.41) is 4.13. The van der Waals surface area contributed by atoms with Crippen molar-refractivity contribution in [3.63, 3.8) is 0 Å². The van der Waals surface area contributed by atoms with E-state index in [1.165, 1.54) is 0 Å². The fourth-order valence-electron chi connectivity index (χ4n) is 1.54. The van der Waals surface area contributed by atoms with E-state index in [0.29, 0.717) is 13.0 Å². The molecule has 1 aromatic rings. The molecule has 1 atom stereocenters. The maximum atomic E-state index is 11.8. The lowest BCUT2D eigenvalue weighted by atomic mass is 9.97. The minimum Gasteiger partial charge on any atom is -0.330 e. The third kappa shape index (κ3) is 3.16. The second-order valence-corrected chi connectivity index (χ2v) is 3.69. The number of ketones is 1. The van der Waals surface area contributed by atoms with Gasteiger partial charge in [0.05, 0.1) is 6.20 Å². The highest BCUT2D eigenvalue weighted by atomic mass is 16.1. The van der Waals surface area contributed by atoms with Crippen LogP contribution in [0.4, 0.5) is 0 Å². The third-order valence-corrected chi connectivity index (χ3v) is 2.62. The number of carbonyl (C=O) groups is 1. The molecule has 0 aliphatic heterocycles. The Morgan fingerprint density at radius 1 is 1.60 bits per heavy atom. The van der Waals surface area contributed by atoms with Crippen LogP contribution in [0, 0.1) is 5.92 Å². The summed E-state index contributed by atoms with van der Waals surface area (Å²) in [4.78, 5) is 11.8. The Labute approximate surface area is 90.5 Å². The third-order valence-electron chi connectivity index (χ3n) is 2.62. The van der Waals surface area contributed by atoms with Crippen LogP contribution in [0.2, 0.25) is 0 Å². The van der Waals surface area contributed by atoms with E-state index in [9.17, 15) is 4.79 Å². The van der Waals surface area contributed by atoms with Gasteiger partial charge in [0, 0.05) is 31.6 Å². The quantitative estimate of drug-likeness (QED) is 0.760. The van der Waals surface area contributed by atoms with Gasteiger partial charge in [-0.3, -0.25) is 9.48 Å². The molecule has 0 saturated carbocycles. The average Bonchev–Trinajstić information content (AvgIpc) is 2.67. The number of aromatic nitrogens is 2. The Bertz CT molecular complexity index is 315. The van der Waals surface area contributed by atoms with Gasteiger partial charge in [-0.05, 0) is 18.9 Å². The molecule has 84 valence electrons. The lowest BCUT2D eigenvalue weighted by molar-refractivity contribution is -0.122. The number of Topliss-reactive ketones (excluding diaryl/α,β-unsaturated/α-hetero) is 1. The highest BCUT2D eigenvalue weighted by Crippen LogP contribution is 2.08. The van der Waals surface area contributed by atoms with Crippen molar-refractivity contribution in [3.8, 4) is 0 Å². The number of hydrogen-bond acceptors (Lipinski definition) is 3. The van der Waals surface area contributed by atoms with Crippen molar-refractivity contribution < 1.29 is 4.79 Å². The van der Waals surface area contributed by atoms with Crippen LogP contribution in [0.1, 0.15) is 25.8 Å². The molecule has 0 aliphatic carbocycles. The van der Waals surface area contributed by atoms with Crippen LogP contribution in [0.3, 0.4) is 0 Å². The van der Waals surface area contributed by atoms with Crippen LogP contribution >= 0.6 is 0 Å². The van der Waals surface area contributed by atoms with E-state index < -0.39 is 0 Å². The number of aryl methyl sites for hydroxylation is 1. The smallest absolute Gasteiger partial charge is 0.141 e. The van der Waals surface area contributed by atoms with Gasteiger partial charge in [0.1, 0.15) is 5.78 Å². The minimum atomic E-state index is -0.00465. The standard InChI is InChI=1S/C11H19N3O/c1-3-10(6-12)11(15)5-9-7-13-14(4-2)8-9/h7-8,10H,3-6,12H2,1-2H3. The van der Waals surface area contributed by atoms with E-state index in [1.807, 2.05) is 24.7 Å². The van der Waals surface area contributed by atoms with E-state index in [-0.39, 0.29) is 11.7 Å². The molecular formula is C11H19N3O. The first-order valence-corrected chi connectivity index (χ1v) is 5.45. The van der Waals surface area contributed by atoms with E-state index in [2.05, 4.69) is 5.10 Å². The molecule has 0 bridgehead atoms. The first-order chi connectivity index (χ1) is 7.21. The van der Waals surface area contributed by atoms with Gasteiger partial charge in [0.25, 0.3) is 0 Å². The molecular weight excluding hydrogens is 190 g/mol. The van der Waals surface area contributed by atoms with Gasteiger partial charge in [-0.1, -0.05) is 6.92 Å². The van der Waals surface area contributed by atoms with Crippen molar-refractivity contribution in [1.82, 2.24) is 9.78 Å². The zero-order valence-electron chi connectivity index (χ0n) is 9.44.